The van der Waals surface area contributed by atoms with Crippen LogP contribution in [0, 0.1) is 0 Å². The summed E-state index contributed by atoms with van der Waals surface area (Å²) < 4.78 is 25.6. The van der Waals surface area contributed by atoms with Crippen LogP contribution in [0.4, 0.5) is 5.69 Å². The Morgan fingerprint density at radius 2 is 2.00 bits per heavy atom. The molecule has 0 atom stereocenters. The van der Waals surface area contributed by atoms with Crippen LogP contribution in [0.5, 0.6) is 0 Å². The van der Waals surface area contributed by atoms with Gasteiger partial charge >= 0.3 is 0 Å². The van der Waals surface area contributed by atoms with Crippen LogP contribution in [0.25, 0.3) is 0 Å². The van der Waals surface area contributed by atoms with Gasteiger partial charge in [-0.1, -0.05) is 30.1 Å². The summed E-state index contributed by atoms with van der Waals surface area (Å²) in [7, 11) is -3.30. The molecule has 0 aliphatic carbocycles. The van der Waals surface area contributed by atoms with E-state index in [9.17, 15) is 13.2 Å². The van der Waals surface area contributed by atoms with E-state index in [1.165, 1.54) is 11.8 Å². The zero-order chi connectivity index (χ0) is 16.0. The smallest absolute Gasteiger partial charge is 0.223 e. The molecule has 5 nitrogen and oxygen atoms in total. The first-order valence-corrected chi connectivity index (χ1v) is 8.88. The van der Waals surface area contributed by atoms with Crippen LogP contribution in [0.15, 0.2) is 18.2 Å². The van der Waals surface area contributed by atoms with Crippen molar-refractivity contribution in [2.45, 2.75) is 20.3 Å². The van der Waals surface area contributed by atoms with Gasteiger partial charge in [0.1, 0.15) is 0 Å². The molecule has 0 saturated heterocycles. The number of halogens is 2. The molecule has 1 rings (SSSR count). The van der Waals surface area contributed by atoms with Crippen molar-refractivity contribution in [2.24, 2.45) is 0 Å². The van der Waals surface area contributed by atoms with Crippen molar-refractivity contribution in [3.63, 3.8) is 0 Å². The van der Waals surface area contributed by atoms with Crippen molar-refractivity contribution < 1.29 is 13.2 Å². The second-order valence-corrected chi connectivity index (χ2v) is 7.25. The quantitative estimate of drug-likeness (QED) is 0.820. The minimum absolute atomic E-state index is 0.0605. The number of nitrogens with one attached hydrogen (secondary N) is 1. The number of hydrogen-bond acceptors (Lipinski definition) is 3. The number of anilines is 1. The first-order valence-electron chi connectivity index (χ1n) is 6.47. The van der Waals surface area contributed by atoms with Crippen LogP contribution in [0.2, 0.25) is 10.0 Å². The predicted octanol–water partition coefficient (Wildman–Crippen LogP) is 2.68. The third kappa shape index (κ3) is 5.82. The van der Waals surface area contributed by atoms with Crippen LogP contribution in [0.3, 0.4) is 0 Å². The highest BCUT2D eigenvalue weighted by atomic mass is 35.5. The summed E-state index contributed by atoms with van der Waals surface area (Å²) in [6, 6.07) is 4.79. The molecule has 21 heavy (non-hydrogen) atoms. The molecule has 0 bridgehead atoms. The van der Waals surface area contributed by atoms with Gasteiger partial charge in [0, 0.05) is 25.0 Å². The maximum absolute atomic E-state index is 11.7. The summed E-state index contributed by atoms with van der Waals surface area (Å²) in [5.41, 5.74) is 0.464. The predicted molar refractivity (Wildman–Crippen MR) is 86.6 cm³/mol. The molecular weight excluding hydrogens is 335 g/mol. The standard InChI is InChI=1S/C13H18Cl2N2O3S/c1-3-8-21(19,20)16-6-7-17(10(2)18)13-9-11(14)4-5-12(13)15/h4-5,9,16H,3,6-8H2,1-2H3. The molecule has 1 amide bonds. The Bertz CT molecular complexity index is 605. The van der Waals surface area contributed by atoms with Crippen molar-refractivity contribution in [3.8, 4) is 0 Å². The zero-order valence-electron chi connectivity index (χ0n) is 11.9. The van der Waals surface area contributed by atoms with Crippen molar-refractivity contribution in [1.82, 2.24) is 4.72 Å². The van der Waals surface area contributed by atoms with E-state index in [-0.39, 0.29) is 24.7 Å². The number of nitrogens with zero attached hydrogens (tertiary/aromatic N) is 1. The summed E-state index contributed by atoms with van der Waals surface area (Å²) in [6.45, 7) is 3.47. The molecule has 118 valence electrons. The summed E-state index contributed by atoms with van der Waals surface area (Å²) in [5.74, 6) is -0.181. The first kappa shape index (κ1) is 18.2. The van der Waals surface area contributed by atoms with Crippen LogP contribution in [-0.4, -0.2) is 33.2 Å². The molecule has 0 fully saturated rings. The SMILES string of the molecule is CCCS(=O)(=O)NCCN(C(C)=O)c1cc(Cl)ccc1Cl. The topological polar surface area (TPSA) is 66.5 Å². The number of benzene rings is 1. The maximum Gasteiger partial charge on any atom is 0.223 e. The fraction of sp³-hybridized carbons (Fsp3) is 0.462. The third-order valence-electron chi connectivity index (χ3n) is 2.71. The van der Waals surface area contributed by atoms with E-state index in [0.717, 1.165) is 0 Å². The molecule has 0 aliphatic heterocycles. The molecule has 0 saturated carbocycles. The largest absolute Gasteiger partial charge is 0.310 e. The number of hydrogen-bond donors (Lipinski definition) is 1. The van der Waals surface area contributed by atoms with E-state index < -0.39 is 10.0 Å². The highest BCUT2D eigenvalue weighted by Crippen LogP contribution is 2.28. The number of carbonyl (C=O) groups is 1. The number of sulfonamides is 1. The van der Waals surface area contributed by atoms with Crippen LogP contribution in [-0.2, 0) is 14.8 Å². The van der Waals surface area contributed by atoms with Gasteiger partial charge in [0.2, 0.25) is 15.9 Å². The Labute approximate surface area is 135 Å². The minimum Gasteiger partial charge on any atom is -0.310 e. The van der Waals surface area contributed by atoms with Crippen LogP contribution < -0.4 is 9.62 Å². The van der Waals surface area contributed by atoms with Crippen molar-refractivity contribution in [2.75, 3.05) is 23.7 Å². The molecule has 0 aromatic heterocycles. The number of rotatable bonds is 7. The van der Waals surface area contributed by atoms with Gasteiger partial charge in [-0.25, -0.2) is 13.1 Å². The van der Waals surface area contributed by atoms with Crippen LogP contribution in [0.1, 0.15) is 20.3 Å². The van der Waals surface area contributed by atoms with Crippen LogP contribution >= 0.6 is 23.2 Å². The Balaban J connectivity index is 2.80. The van der Waals surface area contributed by atoms with Crippen molar-refractivity contribution in [1.29, 1.82) is 0 Å². The minimum atomic E-state index is -3.30. The molecule has 0 unspecified atom stereocenters. The fourth-order valence-corrected chi connectivity index (χ4v) is 3.26. The normalized spacial score (nSPS) is 11.4. The molecule has 0 aliphatic rings. The Morgan fingerprint density at radius 1 is 1.33 bits per heavy atom. The highest BCUT2D eigenvalue weighted by molar-refractivity contribution is 7.89. The lowest BCUT2D eigenvalue weighted by Crippen LogP contribution is -2.38. The van der Waals surface area contributed by atoms with E-state index in [0.29, 0.717) is 22.2 Å². The summed E-state index contributed by atoms with van der Waals surface area (Å²) in [5, 5.41) is 0.832. The van der Waals surface area contributed by atoms with Gasteiger partial charge in [-0.15, -0.1) is 0 Å². The monoisotopic (exact) mass is 352 g/mol. The van der Waals surface area contributed by atoms with E-state index >= 15 is 0 Å². The molecule has 1 N–H and O–H groups in total. The second kappa shape index (κ2) is 7.98. The molecule has 0 radical (unpaired) electrons. The Kier molecular flexibility index (Phi) is 6.93. The molecule has 1 aromatic carbocycles. The van der Waals surface area contributed by atoms with Gasteiger partial charge < -0.3 is 4.90 Å². The van der Waals surface area contributed by atoms with E-state index in [2.05, 4.69) is 4.72 Å². The van der Waals surface area contributed by atoms with E-state index in [1.54, 1.807) is 25.1 Å². The lowest BCUT2D eigenvalue weighted by atomic mass is 10.2. The van der Waals surface area contributed by atoms with E-state index in [4.69, 9.17) is 23.2 Å². The molecular formula is C13H18Cl2N2O3S. The van der Waals surface area contributed by atoms with Gasteiger partial charge in [-0.05, 0) is 24.6 Å². The maximum atomic E-state index is 11.7. The second-order valence-electron chi connectivity index (χ2n) is 4.48. The lowest BCUT2D eigenvalue weighted by molar-refractivity contribution is -0.116. The highest BCUT2D eigenvalue weighted by Gasteiger charge is 2.16. The van der Waals surface area contributed by atoms with E-state index in [1.807, 2.05) is 0 Å². The van der Waals surface area contributed by atoms with Crippen molar-refractivity contribution in [3.05, 3.63) is 28.2 Å². The Hall–Kier alpha value is -0.820. The van der Waals surface area contributed by atoms with Gasteiger partial charge in [-0.2, -0.15) is 0 Å². The summed E-state index contributed by atoms with van der Waals surface area (Å²) >= 11 is 12.0. The van der Waals surface area contributed by atoms with Gasteiger partial charge in [0.05, 0.1) is 16.5 Å². The number of amides is 1. The average molecular weight is 353 g/mol. The molecule has 0 heterocycles. The molecule has 8 heteroatoms. The Morgan fingerprint density at radius 3 is 2.57 bits per heavy atom. The van der Waals surface area contributed by atoms with Crippen molar-refractivity contribution >= 4 is 44.8 Å². The summed E-state index contributed by atoms with van der Waals surface area (Å²) in [6.07, 6.45) is 0.534. The summed E-state index contributed by atoms with van der Waals surface area (Å²) in [4.78, 5) is 13.1. The van der Waals surface area contributed by atoms with Gasteiger partial charge in [0.25, 0.3) is 0 Å². The first-order chi connectivity index (χ1) is 9.76. The zero-order valence-corrected chi connectivity index (χ0v) is 14.2. The van der Waals surface area contributed by atoms with Gasteiger partial charge in [0.15, 0.2) is 0 Å². The molecule has 0 spiro atoms. The average Bonchev–Trinajstić information content (AvgIpc) is 2.37. The lowest BCUT2D eigenvalue weighted by Gasteiger charge is -2.22. The molecule has 1 aromatic rings. The third-order valence-corrected chi connectivity index (χ3v) is 4.85. The number of carbonyl (C=O) groups excluding carboxylic acids is 1. The fourth-order valence-electron chi connectivity index (χ4n) is 1.79. The van der Waals surface area contributed by atoms with Gasteiger partial charge in [-0.3, -0.25) is 4.79 Å².